The number of rotatable bonds is 6. The molecule has 0 bridgehead atoms. The number of carbonyl (C=O) groups is 1. The number of halogens is 1. The molecule has 6 nitrogen and oxygen atoms in total. The SMILES string of the molecule is CCCCc1ccc(-c2ccc3c(c2F)-c2[nH]c4cc([N+](=O)[O-])c(C(=O)O)cc4c2C3)cc1. The molecule has 3 aromatic carbocycles. The van der Waals surface area contributed by atoms with E-state index in [-0.39, 0.29) is 11.4 Å². The van der Waals surface area contributed by atoms with Crippen molar-refractivity contribution in [3.8, 4) is 22.4 Å². The van der Waals surface area contributed by atoms with Crippen molar-refractivity contribution in [1.82, 2.24) is 4.98 Å². The summed E-state index contributed by atoms with van der Waals surface area (Å²) < 4.78 is 15.8. The van der Waals surface area contributed by atoms with Crippen molar-refractivity contribution < 1.29 is 19.2 Å². The summed E-state index contributed by atoms with van der Waals surface area (Å²) in [5, 5.41) is 21.3. The van der Waals surface area contributed by atoms with Gasteiger partial charge < -0.3 is 10.1 Å². The van der Waals surface area contributed by atoms with Crippen molar-refractivity contribution in [3.05, 3.63) is 86.7 Å². The molecule has 0 saturated heterocycles. The second kappa shape index (κ2) is 7.85. The maximum atomic E-state index is 15.8. The van der Waals surface area contributed by atoms with Gasteiger partial charge in [0.25, 0.3) is 5.69 Å². The number of benzene rings is 3. The van der Waals surface area contributed by atoms with E-state index in [1.54, 1.807) is 6.07 Å². The lowest BCUT2D eigenvalue weighted by molar-refractivity contribution is -0.385. The van der Waals surface area contributed by atoms with Gasteiger partial charge in [0.1, 0.15) is 11.4 Å². The Morgan fingerprint density at radius 1 is 1.18 bits per heavy atom. The Morgan fingerprint density at radius 3 is 2.61 bits per heavy atom. The quantitative estimate of drug-likeness (QED) is 0.231. The number of hydrogen-bond acceptors (Lipinski definition) is 3. The minimum atomic E-state index is -1.37. The molecule has 0 aliphatic heterocycles. The Morgan fingerprint density at radius 2 is 1.94 bits per heavy atom. The van der Waals surface area contributed by atoms with E-state index in [1.807, 2.05) is 30.3 Å². The summed E-state index contributed by atoms with van der Waals surface area (Å²) in [4.78, 5) is 25.3. The molecule has 0 spiro atoms. The Labute approximate surface area is 188 Å². The number of nitro benzene ring substituents is 1. The van der Waals surface area contributed by atoms with Crippen LogP contribution in [0.2, 0.25) is 0 Å². The van der Waals surface area contributed by atoms with E-state index in [9.17, 15) is 20.0 Å². The zero-order valence-corrected chi connectivity index (χ0v) is 17.9. The number of carboxylic acids is 1. The normalized spacial score (nSPS) is 12.1. The number of aromatic carboxylic acids is 1. The minimum absolute atomic E-state index is 0.355. The van der Waals surface area contributed by atoms with Crippen LogP contribution in [0.1, 0.15) is 46.8 Å². The fourth-order valence-corrected chi connectivity index (χ4v) is 4.68. The third kappa shape index (κ3) is 3.36. The van der Waals surface area contributed by atoms with Crippen molar-refractivity contribution in [2.75, 3.05) is 0 Å². The molecule has 33 heavy (non-hydrogen) atoms. The first kappa shape index (κ1) is 20.9. The maximum Gasteiger partial charge on any atom is 0.342 e. The van der Waals surface area contributed by atoms with Crippen LogP contribution < -0.4 is 0 Å². The Kier molecular flexibility index (Phi) is 4.96. The number of aromatic amines is 1. The molecule has 1 heterocycles. The molecule has 1 aliphatic rings. The molecule has 2 N–H and O–H groups in total. The van der Waals surface area contributed by atoms with E-state index in [2.05, 4.69) is 11.9 Å². The summed E-state index contributed by atoms with van der Waals surface area (Å²) in [5.74, 6) is -1.73. The zero-order chi connectivity index (χ0) is 23.3. The molecule has 7 heteroatoms. The highest BCUT2D eigenvalue weighted by Crippen LogP contribution is 2.45. The number of hydrogen-bond donors (Lipinski definition) is 2. The van der Waals surface area contributed by atoms with Crippen LogP contribution in [0.3, 0.4) is 0 Å². The van der Waals surface area contributed by atoms with Crippen LogP contribution in [0.4, 0.5) is 10.1 Å². The van der Waals surface area contributed by atoms with E-state index >= 15 is 4.39 Å². The summed E-state index contributed by atoms with van der Waals surface area (Å²) in [7, 11) is 0. The van der Waals surface area contributed by atoms with Gasteiger partial charge in [-0.2, -0.15) is 0 Å². The van der Waals surface area contributed by atoms with Gasteiger partial charge in [0.15, 0.2) is 0 Å². The van der Waals surface area contributed by atoms with Crippen LogP contribution in [-0.2, 0) is 12.8 Å². The van der Waals surface area contributed by atoms with E-state index in [0.717, 1.165) is 36.0 Å². The van der Waals surface area contributed by atoms with Crippen molar-refractivity contribution in [2.24, 2.45) is 0 Å². The van der Waals surface area contributed by atoms with Crippen LogP contribution in [0.5, 0.6) is 0 Å². The van der Waals surface area contributed by atoms with Crippen molar-refractivity contribution >= 4 is 22.6 Å². The molecule has 5 rings (SSSR count). The van der Waals surface area contributed by atoms with Crippen molar-refractivity contribution in [1.29, 1.82) is 0 Å². The van der Waals surface area contributed by atoms with Crippen LogP contribution in [0.15, 0.2) is 48.5 Å². The summed E-state index contributed by atoms with van der Waals surface area (Å²) >= 11 is 0. The van der Waals surface area contributed by atoms with Gasteiger partial charge in [-0.15, -0.1) is 0 Å². The largest absolute Gasteiger partial charge is 0.477 e. The summed E-state index contributed by atoms with van der Waals surface area (Å²) in [6.07, 6.45) is 3.64. The average molecular weight is 444 g/mol. The molecule has 0 radical (unpaired) electrons. The minimum Gasteiger partial charge on any atom is -0.477 e. The number of nitrogens with one attached hydrogen (secondary N) is 1. The molecule has 0 unspecified atom stereocenters. The van der Waals surface area contributed by atoms with Gasteiger partial charge in [-0.1, -0.05) is 49.7 Å². The summed E-state index contributed by atoms with van der Waals surface area (Å²) in [6.45, 7) is 2.15. The molecule has 0 fully saturated rings. The van der Waals surface area contributed by atoms with E-state index < -0.39 is 16.6 Å². The Balaban J connectivity index is 1.62. The van der Waals surface area contributed by atoms with E-state index in [1.165, 1.54) is 17.7 Å². The van der Waals surface area contributed by atoms with Gasteiger partial charge in [0.05, 0.1) is 16.1 Å². The van der Waals surface area contributed by atoms with Crippen LogP contribution in [0, 0.1) is 15.9 Å². The highest BCUT2D eigenvalue weighted by atomic mass is 19.1. The fourth-order valence-electron chi connectivity index (χ4n) is 4.68. The Bertz CT molecular complexity index is 1440. The average Bonchev–Trinajstić information content (AvgIpc) is 3.33. The van der Waals surface area contributed by atoms with E-state index in [0.29, 0.717) is 34.1 Å². The lowest BCUT2D eigenvalue weighted by Crippen LogP contribution is -2.02. The predicted octanol–water partition coefficient (Wildman–Crippen LogP) is 6.49. The number of H-pyrrole nitrogens is 1. The number of nitrogens with zero attached hydrogens (tertiary/aromatic N) is 1. The maximum absolute atomic E-state index is 15.8. The van der Waals surface area contributed by atoms with Gasteiger partial charge in [0.2, 0.25) is 0 Å². The summed E-state index contributed by atoms with van der Waals surface area (Å²) in [5.41, 5.74) is 4.58. The van der Waals surface area contributed by atoms with Gasteiger partial charge in [-0.3, -0.25) is 10.1 Å². The van der Waals surface area contributed by atoms with Crippen molar-refractivity contribution in [2.45, 2.75) is 32.6 Å². The first-order valence-corrected chi connectivity index (χ1v) is 10.9. The molecule has 166 valence electrons. The molecule has 1 aliphatic carbocycles. The van der Waals surface area contributed by atoms with Gasteiger partial charge >= 0.3 is 5.97 Å². The second-order valence-electron chi connectivity index (χ2n) is 8.39. The number of unbranched alkanes of at least 4 members (excludes halogenated alkanes) is 1. The monoisotopic (exact) mass is 444 g/mol. The molecule has 4 aromatic rings. The smallest absolute Gasteiger partial charge is 0.342 e. The van der Waals surface area contributed by atoms with Crippen LogP contribution >= 0.6 is 0 Å². The Hall–Kier alpha value is -4.00. The summed E-state index contributed by atoms with van der Waals surface area (Å²) in [6, 6.07) is 14.1. The van der Waals surface area contributed by atoms with Crippen LogP contribution in [0.25, 0.3) is 33.3 Å². The highest BCUT2D eigenvalue weighted by molar-refractivity contribution is 6.03. The number of aryl methyl sites for hydroxylation is 1. The molecular formula is C26H21FN2O4. The first-order valence-electron chi connectivity index (χ1n) is 10.9. The standard InChI is InChI=1S/C26H21FN2O4/c1-2-3-4-14-5-7-15(8-6-14)17-10-9-16-11-19-18-12-20(26(30)31)22(29(32)33)13-21(18)28-25(19)23(16)24(17)27/h5-10,12-13,28H,2-4,11H2,1H3,(H,30,31). The second-order valence-corrected chi connectivity index (χ2v) is 8.39. The first-order chi connectivity index (χ1) is 15.9. The topological polar surface area (TPSA) is 96.2 Å². The number of nitro groups is 1. The lowest BCUT2D eigenvalue weighted by atomic mass is 9.97. The third-order valence-corrected chi connectivity index (χ3v) is 6.38. The lowest BCUT2D eigenvalue weighted by Gasteiger charge is -2.10. The van der Waals surface area contributed by atoms with Crippen LogP contribution in [-0.4, -0.2) is 21.0 Å². The molecule has 0 atom stereocenters. The molecule has 0 saturated carbocycles. The van der Waals surface area contributed by atoms with Gasteiger partial charge in [-0.25, -0.2) is 9.18 Å². The van der Waals surface area contributed by atoms with Crippen molar-refractivity contribution in [3.63, 3.8) is 0 Å². The highest BCUT2D eigenvalue weighted by Gasteiger charge is 2.30. The van der Waals surface area contributed by atoms with Gasteiger partial charge in [0, 0.05) is 29.0 Å². The molecular weight excluding hydrogens is 423 g/mol. The zero-order valence-electron chi connectivity index (χ0n) is 17.9. The molecule has 1 aromatic heterocycles. The predicted molar refractivity (Wildman–Crippen MR) is 124 cm³/mol. The van der Waals surface area contributed by atoms with E-state index in [4.69, 9.17) is 0 Å². The molecule has 0 amide bonds. The fraction of sp³-hybridized carbons (Fsp3) is 0.192. The number of carboxylic acid groups (broad SMARTS) is 1. The number of fused-ring (bicyclic) bond motifs is 5. The van der Waals surface area contributed by atoms with Gasteiger partial charge in [-0.05, 0) is 41.2 Å². The number of aromatic nitrogens is 1. The third-order valence-electron chi connectivity index (χ3n) is 6.38.